The maximum atomic E-state index is 2.08. The van der Waals surface area contributed by atoms with Crippen molar-refractivity contribution >= 4 is 0 Å². The largest absolute Gasteiger partial charge is 2.00 e. The molecule has 0 bridgehead atoms. The van der Waals surface area contributed by atoms with Crippen LogP contribution in [0.1, 0.15) is 6.92 Å². The molecule has 0 spiro atoms. The van der Waals surface area contributed by atoms with Gasteiger partial charge in [-0.3, -0.25) is 0 Å². The third-order valence-electron chi connectivity index (χ3n) is 1.38. The second-order valence-corrected chi connectivity index (χ2v) is 2.42. The first-order valence-electron chi connectivity index (χ1n) is 3.74. The van der Waals surface area contributed by atoms with E-state index >= 15 is 0 Å². The van der Waals surface area contributed by atoms with Gasteiger partial charge in [0.1, 0.15) is 0 Å². The monoisotopic (exact) mass is 200 g/mol. The Bertz CT molecular complexity index is 73.4. The summed E-state index contributed by atoms with van der Waals surface area (Å²) < 4.78 is 0. The first kappa shape index (κ1) is 12.5. The van der Waals surface area contributed by atoms with Crippen molar-refractivity contribution in [3.8, 4) is 0 Å². The SMILES string of the molecule is C[C]1[CH][CH][CH][CH]1.[CH]1[CH][CH][CH][CH]1.[Fe+2]. The van der Waals surface area contributed by atoms with Crippen LogP contribution in [-0.2, 0) is 17.1 Å². The van der Waals surface area contributed by atoms with E-state index in [0.29, 0.717) is 0 Å². The zero-order chi connectivity index (χ0) is 7.94. The van der Waals surface area contributed by atoms with Gasteiger partial charge in [0.25, 0.3) is 0 Å². The van der Waals surface area contributed by atoms with E-state index in [1.54, 1.807) is 0 Å². The molecule has 2 rings (SSSR count). The first-order chi connectivity index (χ1) is 5.39. The molecule has 0 aliphatic heterocycles. The minimum Gasteiger partial charge on any atom is -0.0585 e. The zero-order valence-electron chi connectivity index (χ0n) is 7.05. The van der Waals surface area contributed by atoms with Crippen LogP contribution < -0.4 is 0 Å². The number of rotatable bonds is 0. The molecule has 1 heteroatoms. The summed E-state index contributed by atoms with van der Waals surface area (Å²) in [7, 11) is 0. The fourth-order valence-corrected chi connectivity index (χ4v) is 0.791. The maximum absolute atomic E-state index is 2.08. The Labute approximate surface area is 88.0 Å². The molecule has 2 aliphatic rings. The van der Waals surface area contributed by atoms with Crippen molar-refractivity contribution in [3.63, 3.8) is 0 Å². The van der Waals surface area contributed by atoms with Gasteiger partial charge in [-0.15, -0.1) is 0 Å². The van der Waals surface area contributed by atoms with Crippen molar-refractivity contribution in [2.45, 2.75) is 6.92 Å². The molecular formula is C11H12Fe+2. The quantitative estimate of drug-likeness (QED) is 0.527. The normalized spacial score (nSPS) is 22.8. The van der Waals surface area contributed by atoms with Gasteiger partial charge in [0.2, 0.25) is 0 Å². The van der Waals surface area contributed by atoms with E-state index in [0.717, 1.165) is 0 Å². The Morgan fingerprint density at radius 1 is 0.667 bits per heavy atom. The minimum atomic E-state index is 0. The van der Waals surface area contributed by atoms with Gasteiger partial charge in [0, 0.05) is 0 Å². The van der Waals surface area contributed by atoms with Crippen LogP contribution in [0.5, 0.6) is 0 Å². The van der Waals surface area contributed by atoms with Gasteiger partial charge in [-0.25, -0.2) is 0 Å². The third kappa shape index (κ3) is 6.08. The average Bonchev–Trinajstić information content (AvgIpc) is 2.57. The van der Waals surface area contributed by atoms with Crippen molar-refractivity contribution in [3.05, 3.63) is 63.7 Å². The molecule has 0 aromatic carbocycles. The van der Waals surface area contributed by atoms with E-state index in [9.17, 15) is 0 Å². The first-order valence-corrected chi connectivity index (χ1v) is 3.74. The van der Waals surface area contributed by atoms with Gasteiger partial charge in [0.15, 0.2) is 0 Å². The van der Waals surface area contributed by atoms with Gasteiger partial charge < -0.3 is 0 Å². The van der Waals surface area contributed by atoms with Crippen LogP contribution in [0.3, 0.4) is 0 Å². The molecule has 0 aromatic heterocycles. The van der Waals surface area contributed by atoms with Crippen LogP contribution in [0.25, 0.3) is 0 Å². The van der Waals surface area contributed by atoms with Crippen LogP contribution in [0.2, 0.25) is 0 Å². The maximum Gasteiger partial charge on any atom is 2.00 e. The Morgan fingerprint density at radius 2 is 1.00 bits per heavy atom. The van der Waals surface area contributed by atoms with Gasteiger partial charge in [0.05, 0.1) is 0 Å². The predicted molar refractivity (Wildman–Crippen MR) is 47.6 cm³/mol. The van der Waals surface area contributed by atoms with Crippen LogP contribution in [0, 0.1) is 63.7 Å². The fraction of sp³-hybridized carbons (Fsp3) is 0.0909. The van der Waals surface area contributed by atoms with Gasteiger partial charge in [-0.2, -0.15) is 0 Å². The van der Waals surface area contributed by atoms with Crippen molar-refractivity contribution in [1.82, 2.24) is 0 Å². The molecule has 0 amide bonds. The Morgan fingerprint density at radius 3 is 1.17 bits per heavy atom. The molecule has 0 N–H and O–H groups in total. The molecule has 12 heavy (non-hydrogen) atoms. The fourth-order valence-electron chi connectivity index (χ4n) is 0.791. The van der Waals surface area contributed by atoms with E-state index in [2.05, 4.69) is 19.8 Å². The topological polar surface area (TPSA) is 0 Å². The second kappa shape index (κ2) is 8.13. The summed E-state index contributed by atoms with van der Waals surface area (Å²) in [6.07, 6.45) is 18.2. The van der Waals surface area contributed by atoms with Crippen molar-refractivity contribution < 1.29 is 17.1 Å². The second-order valence-electron chi connectivity index (χ2n) is 2.42. The summed E-state index contributed by atoms with van der Waals surface area (Å²) in [6.45, 7) is 2.08. The molecule has 2 fully saturated rings. The Hall–Kier alpha value is 0.519. The van der Waals surface area contributed by atoms with Gasteiger partial charge in [-0.05, 0) is 63.7 Å². The van der Waals surface area contributed by atoms with Crippen LogP contribution in [0.15, 0.2) is 0 Å². The molecule has 0 nitrogen and oxygen atoms in total. The summed E-state index contributed by atoms with van der Waals surface area (Å²) in [6, 6.07) is 0. The van der Waals surface area contributed by atoms with Gasteiger partial charge in [-0.1, -0.05) is 6.92 Å². The Kier molecular flexibility index (Phi) is 8.49. The van der Waals surface area contributed by atoms with E-state index in [1.807, 2.05) is 44.9 Å². The van der Waals surface area contributed by atoms with Gasteiger partial charge >= 0.3 is 17.1 Å². The molecular weight excluding hydrogens is 188 g/mol. The smallest absolute Gasteiger partial charge is 0.0585 e. The average molecular weight is 200 g/mol. The molecule has 0 aromatic rings. The summed E-state index contributed by atoms with van der Waals surface area (Å²) in [4.78, 5) is 0. The summed E-state index contributed by atoms with van der Waals surface area (Å²) >= 11 is 0. The summed E-state index contributed by atoms with van der Waals surface area (Å²) in [5.41, 5.74) is 0. The number of hydrogen-bond donors (Lipinski definition) is 0. The molecule has 10 radical (unpaired) electrons. The van der Waals surface area contributed by atoms with E-state index in [1.165, 1.54) is 5.92 Å². The molecule has 2 saturated carbocycles. The van der Waals surface area contributed by atoms with Crippen LogP contribution >= 0.6 is 0 Å². The van der Waals surface area contributed by atoms with Crippen LogP contribution in [0.4, 0.5) is 0 Å². The minimum absolute atomic E-state index is 0. The molecule has 0 atom stereocenters. The zero-order valence-corrected chi connectivity index (χ0v) is 8.15. The Balaban J connectivity index is 0.000000189. The van der Waals surface area contributed by atoms with Crippen molar-refractivity contribution in [2.75, 3.05) is 0 Å². The summed E-state index contributed by atoms with van der Waals surface area (Å²) in [5, 5.41) is 0. The number of hydrogen-bond acceptors (Lipinski definition) is 0. The molecule has 2 aliphatic carbocycles. The van der Waals surface area contributed by atoms with E-state index in [-0.39, 0.29) is 17.1 Å². The van der Waals surface area contributed by atoms with Crippen LogP contribution in [-0.4, -0.2) is 0 Å². The molecule has 0 unspecified atom stereocenters. The predicted octanol–water partition coefficient (Wildman–Crippen LogP) is 2.43. The van der Waals surface area contributed by atoms with Crippen molar-refractivity contribution in [1.29, 1.82) is 0 Å². The molecule has 62 valence electrons. The summed E-state index contributed by atoms with van der Waals surface area (Å²) in [5.74, 6) is 1.34. The van der Waals surface area contributed by atoms with Crippen molar-refractivity contribution in [2.24, 2.45) is 0 Å². The third-order valence-corrected chi connectivity index (χ3v) is 1.38. The molecule has 0 saturated heterocycles. The standard InChI is InChI=1S/C6H7.C5H5.Fe/c1-6-4-2-3-5-6;1-2-4-5-3-1;/h2-5H,1H3;1-5H;/q;;+2. The molecule has 0 heterocycles. The van der Waals surface area contributed by atoms with E-state index < -0.39 is 0 Å². The van der Waals surface area contributed by atoms with E-state index in [4.69, 9.17) is 0 Å².